The fourth-order valence-electron chi connectivity index (χ4n) is 2.90. The Balaban J connectivity index is 1.93. The number of hydrogen-bond acceptors (Lipinski definition) is 4. The maximum atomic E-state index is 12.4. The van der Waals surface area contributed by atoms with Crippen LogP contribution < -0.4 is 16.0 Å². The third-order valence-corrected chi connectivity index (χ3v) is 4.37. The van der Waals surface area contributed by atoms with Crippen molar-refractivity contribution in [2.75, 3.05) is 6.61 Å². The molecule has 2 aromatic heterocycles. The Kier molecular flexibility index (Phi) is 4.43. The number of imidazole rings is 1. The van der Waals surface area contributed by atoms with Crippen LogP contribution in [0.3, 0.4) is 0 Å². The molecule has 3 rings (SSSR count). The standard InChI is InChI=1S/C17H19ClN4O3/c1-10-7-11(2)9-12(8-10)25-6-5-22-13-14(19-16(22)18)20(3)17(24)21(4)15(13)23/h7-9H,5-6H2,1-4H3. The molecule has 3 aromatic rings. The molecule has 0 fully saturated rings. The Morgan fingerprint density at radius 2 is 1.72 bits per heavy atom. The van der Waals surface area contributed by atoms with Gasteiger partial charge in [0, 0.05) is 14.1 Å². The molecule has 0 aliphatic carbocycles. The van der Waals surface area contributed by atoms with E-state index in [9.17, 15) is 9.59 Å². The first kappa shape index (κ1) is 17.3. The SMILES string of the molecule is Cc1cc(C)cc(OCCn2c(Cl)nc3c2c(=O)n(C)c(=O)n3C)c1. The number of aromatic nitrogens is 4. The molecule has 0 saturated heterocycles. The summed E-state index contributed by atoms with van der Waals surface area (Å²) >= 11 is 6.18. The molecule has 0 amide bonds. The summed E-state index contributed by atoms with van der Waals surface area (Å²) in [5, 5.41) is 0.150. The van der Waals surface area contributed by atoms with Crippen LogP contribution in [-0.2, 0) is 20.6 Å². The summed E-state index contributed by atoms with van der Waals surface area (Å²) in [5.74, 6) is 0.762. The first-order valence-electron chi connectivity index (χ1n) is 7.82. The highest BCUT2D eigenvalue weighted by Crippen LogP contribution is 2.18. The topological polar surface area (TPSA) is 71.1 Å². The number of nitrogens with zero attached hydrogens (tertiary/aromatic N) is 4. The fourth-order valence-corrected chi connectivity index (χ4v) is 3.14. The predicted octanol–water partition coefficient (Wildman–Crippen LogP) is 1.78. The molecular weight excluding hydrogens is 344 g/mol. The predicted molar refractivity (Wildman–Crippen MR) is 96.6 cm³/mol. The van der Waals surface area contributed by atoms with E-state index >= 15 is 0 Å². The van der Waals surface area contributed by atoms with Gasteiger partial charge in [-0.2, -0.15) is 4.98 Å². The number of rotatable bonds is 4. The van der Waals surface area contributed by atoms with E-state index in [0.29, 0.717) is 18.7 Å². The zero-order chi connectivity index (χ0) is 18.3. The maximum absolute atomic E-state index is 12.4. The van der Waals surface area contributed by atoms with Gasteiger partial charge in [0.15, 0.2) is 11.2 Å². The van der Waals surface area contributed by atoms with Gasteiger partial charge in [0.25, 0.3) is 5.56 Å². The third-order valence-electron chi connectivity index (χ3n) is 4.08. The van der Waals surface area contributed by atoms with Crippen molar-refractivity contribution in [2.24, 2.45) is 14.1 Å². The van der Waals surface area contributed by atoms with Crippen LogP contribution in [0, 0.1) is 13.8 Å². The molecule has 0 aliphatic rings. The van der Waals surface area contributed by atoms with Crippen LogP contribution in [0.25, 0.3) is 11.2 Å². The van der Waals surface area contributed by atoms with Crippen LogP contribution in [0.15, 0.2) is 27.8 Å². The molecule has 0 spiro atoms. The number of ether oxygens (including phenoxy) is 1. The van der Waals surface area contributed by atoms with Crippen molar-refractivity contribution in [1.29, 1.82) is 0 Å². The van der Waals surface area contributed by atoms with E-state index in [1.54, 1.807) is 11.6 Å². The quantitative estimate of drug-likeness (QED) is 0.663. The van der Waals surface area contributed by atoms with Crippen molar-refractivity contribution in [3.05, 3.63) is 55.4 Å². The van der Waals surface area contributed by atoms with Gasteiger partial charge in [-0.05, 0) is 48.7 Å². The highest BCUT2D eigenvalue weighted by atomic mass is 35.5. The van der Waals surface area contributed by atoms with Crippen molar-refractivity contribution >= 4 is 22.8 Å². The average molecular weight is 363 g/mol. The molecule has 0 unspecified atom stereocenters. The molecule has 0 N–H and O–H groups in total. The summed E-state index contributed by atoms with van der Waals surface area (Å²) < 4.78 is 9.71. The van der Waals surface area contributed by atoms with E-state index in [4.69, 9.17) is 16.3 Å². The van der Waals surface area contributed by atoms with Crippen LogP contribution in [0.4, 0.5) is 0 Å². The average Bonchev–Trinajstić information content (AvgIpc) is 2.87. The van der Waals surface area contributed by atoms with Crippen molar-refractivity contribution in [3.63, 3.8) is 0 Å². The molecule has 0 radical (unpaired) electrons. The normalized spacial score (nSPS) is 11.2. The summed E-state index contributed by atoms with van der Waals surface area (Å²) in [5.41, 5.74) is 1.92. The molecule has 0 saturated carbocycles. The Bertz CT molecular complexity index is 1060. The summed E-state index contributed by atoms with van der Waals surface area (Å²) in [6.45, 7) is 4.67. The van der Waals surface area contributed by atoms with E-state index < -0.39 is 11.2 Å². The molecule has 0 atom stereocenters. The lowest BCUT2D eigenvalue weighted by atomic mass is 10.1. The largest absolute Gasteiger partial charge is 0.492 e. The van der Waals surface area contributed by atoms with Crippen LogP contribution in [-0.4, -0.2) is 25.3 Å². The van der Waals surface area contributed by atoms with Gasteiger partial charge in [0.2, 0.25) is 5.28 Å². The van der Waals surface area contributed by atoms with Crippen molar-refractivity contribution < 1.29 is 4.74 Å². The number of hydrogen-bond donors (Lipinski definition) is 0. The van der Waals surface area contributed by atoms with Gasteiger partial charge < -0.3 is 9.30 Å². The number of benzene rings is 1. The van der Waals surface area contributed by atoms with Crippen LogP contribution in [0.2, 0.25) is 5.28 Å². The molecule has 1 aromatic carbocycles. The lowest BCUT2D eigenvalue weighted by Gasteiger charge is -2.10. The van der Waals surface area contributed by atoms with Crippen LogP contribution in [0.5, 0.6) is 5.75 Å². The number of halogens is 1. The highest BCUT2D eigenvalue weighted by Gasteiger charge is 2.17. The Morgan fingerprint density at radius 1 is 1.08 bits per heavy atom. The van der Waals surface area contributed by atoms with Gasteiger partial charge in [-0.15, -0.1) is 0 Å². The zero-order valence-electron chi connectivity index (χ0n) is 14.5. The minimum absolute atomic E-state index is 0.150. The minimum Gasteiger partial charge on any atom is -0.492 e. The summed E-state index contributed by atoms with van der Waals surface area (Å²) in [6, 6.07) is 5.96. The number of aryl methyl sites for hydroxylation is 3. The molecule has 0 aliphatic heterocycles. The van der Waals surface area contributed by atoms with Gasteiger partial charge in [0.05, 0.1) is 6.54 Å². The first-order chi connectivity index (χ1) is 11.8. The minimum atomic E-state index is -0.440. The molecule has 0 bridgehead atoms. The van der Waals surface area contributed by atoms with Crippen molar-refractivity contribution in [2.45, 2.75) is 20.4 Å². The van der Waals surface area contributed by atoms with Gasteiger partial charge in [0.1, 0.15) is 12.4 Å². The maximum Gasteiger partial charge on any atom is 0.332 e. The van der Waals surface area contributed by atoms with E-state index in [0.717, 1.165) is 21.4 Å². The second-order valence-corrected chi connectivity index (χ2v) is 6.42. The summed E-state index contributed by atoms with van der Waals surface area (Å²) in [7, 11) is 2.99. The van der Waals surface area contributed by atoms with E-state index in [-0.39, 0.29) is 10.9 Å². The second-order valence-electron chi connectivity index (χ2n) is 6.08. The summed E-state index contributed by atoms with van der Waals surface area (Å²) in [6.07, 6.45) is 0. The first-order valence-corrected chi connectivity index (χ1v) is 8.20. The summed E-state index contributed by atoms with van der Waals surface area (Å²) in [4.78, 5) is 28.6. The molecule has 25 heavy (non-hydrogen) atoms. The third kappa shape index (κ3) is 3.07. The monoisotopic (exact) mass is 362 g/mol. The van der Waals surface area contributed by atoms with Gasteiger partial charge in [-0.1, -0.05) is 6.07 Å². The lowest BCUT2D eigenvalue weighted by Crippen LogP contribution is -2.37. The van der Waals surface area contributed by atoms with Gasteiger partial charge >= 0.3 is 5.69 Å². The molecule has 2 heterocycles. The second kappa shape index (κ2) is 6.40. The highest BCUT2D eigenvalue weighted by molar-refractivity contribution is 6.29. The van der Waals surface area contributed by atoms with Crippen molar-refractivity contribution in [1.82, 2.24) is 18.7 Å². The van der Waals surface area contributed by atoms with Crippen LogP contribution in [0.1, 0.15) is 11.1 Å². The smallest absolute Gasteiger partial charge is 0.332 e. The van der Waals surface area contributed by atoms with E-state index in [1.165, 1.54) is 11.6 Å². The van der Waals surface area contributed by atoms with E-state index in [2.05, 4.69) is 11.1 Å². The molecule has 8 heteroatoms. The van der Waals surface area contributed by atoms with E-state index in [1.807, 2.05) is 26.0 Å². The molecule has 132 valence electrons. The Morgan fingerprint density at radius 3 is 2.36 bits per heavy atom. The Labute approximate surface area is 149 Å². The zero-order valence-corrected chi connectivity index (χ0v) is 15.3. The fraction of sp³-hybridized carbons (Fsp3) is 0.353. The van der Waals surface area contributed by atoms with Crippen molar-refractivity contribution in [3.8, 4) is 5.75 Å². The lowest BCUT2D eigenvalue weighted by molar-refractivity contribution is 0.299. The van der Waals surface area contributed by atoms with Crippen LogP contribution >= 0.6 is 11.6 Å². The Hall–Kier alpha value is -2.54. The van der Waals surface area contributed by atoms with Gasteiger partial charge in [-0.3, -0.25) is 13.9 Å². The number of fused-ring (bicyclic) bond motifs is 1. The van der Waals surface area contributed by atoms with Gasteiger partial charge in [-0.25, -0.2) is 4.79 Å². The molecule has 7 nitrogen and oxygen atoms in total. The molecular formula is C17H19ClN4O3.